The van der Waals surface area contributed by atoms with Gasteiger partial charge in [-0.25, -0.2) is 9.97 Å². The van der Waals surface area contributed by atoms with Crippen molar-refractivity contribution in [3.8, 4) is 67.3 Å². The maximum Gasteiger partial charge on any atom is 0.160 e. The van der Waals surface area contributed by atoms with Crippen molar-refractivity contribution in [2.75, 3.05) is 0 Å². The van der Waals surface area contributed by atoms with Crippen LogP contribution in [0, 0.1) is 0 Å². The third kappa shape index (κ3) is 4.94. The molecule has 0 radical (unpaired) electrons. The Morgan fingerprint density at radius 1 is 0.469 bits per heavy atom. The molecule has 8 aromatic rings. The SMILES string of the molecule is CC1(C)c2cccc(-c3ccc(-c4cc(-c5cccnc5)nc(-c5ccc(-c6ccccc6)cc5)n4)cc3)c2-c2ccc3ccccc3c21. The molecular formula is C46H33N3. The van der Waals surface area contributed by atoms with Gasteiger partial charge in [0.15, 0.2) is 5.82 Å². The smallest absolute Gasteiger partial charge is 0.160 e. The van der Waals surface area contributed by atoms with E-state index in [9.17, 15) is 0 Å². The van der Waals surface area contributed by atoms with E-state index in [2.05, 4.69) is 152 Å². The van der Waals surface area contributed by atoms with Crippen molar-refractivity contribution in [2.24, 2.45) is 0 Å². The summed E-state index contributed by atoms with van der Waals surface area (Å²) in [5.74, 6) is 0.687. The van der Waals surface area contributed by atoms with Crippen LogP contribution in [-0.2, 0) is 5.41 Å². The molecule has 9 rings (SSSR count). The van der Waals surface area contributed by atoms with Gasteiger partial charge in [0.25, 0.3) is 0 Å². The third-order valence-electron chi connectivity index (χ3n) is 9.99. The summed E-state index contributed by atoms with van der Waals surface area (Å²) in [7, 11) is 0. The number of pyridine rings is 1. The Balaban J connectivity index is 1.13. The van der Waals surface area contributed by atoms with Crippen molar-refractivity contribution < 1.29 is 0 Å². The fourth-order valence-electron chi connectivity index (χ4n) is 7.54. The number of hydrogen-bond acceptors (Lipinski definition) is 3. The highest BCUT2D eigenvalue weighted by Crippen LogP contribution is 2.54. The third-order valence-corrected chi connectivity index (χ3v) is 9.99. The van der Waals surface area contributed by atoms with Crippen LogP contribution in [-0.4, -0.2) is 15.0 Å². The minimum Gasteiger partial charge on any atom is -0.264 e. The quantitative estimate of drug-likeness (QED) is 0.191. The zero-order valence-electron chi connectivity index (χ0n) is 27.4. The summed E-state index contributed by atoms with van der Waals surface area (Å²) in [5.41, 5.74) is 14.8. The lowest BCUT2D eigenvalue weighted by atomic mass is 9.80. The molecule has 0 unspecified atom stereocenters. The van der Waals surface area contributed by atoms with E-state index in [0.29, 0.717) is 5.82 Å². The second-order valence-corrected chi connectivity index (χ2v) is 13.3. The summed E-state index contributed by atoms with van der Waals surface area (Å²) >= 11 is 0. The largest absolute Gasteiger partial charge is 0.264 e. The van der Waals surface area contributed by atoms with Gasteiger partial charge in [-0.05, 0) is 73.5 Å². The van der Waals surface area contributed by atoms with Crippen LogP contribution in [0.2, 0.25) is 0 Å². The lowest BCUT2D eigenvalue weighted by molar-refractivity contribution is 0.666. The van der Waals surface area contributed by atoms with Crippen LogP contribution in [0.15, 0.2) is 164 Å². The molecule has 49 heavy (non-hydrogen) atoms. The van der Waals surface area contributed by atoms with Gasteiger partial charge in [-0.2, -0.15) is 0 Å². The highest BCUT2D eigenvalue weighted by molar-refractivity contribution is 6.01. The molecule has 0 saturated carbocycles. The summed E-state index contributed by atoms with van der Waals surface area (Å²) in [6.45, 7) is 4.72. The maximum atomic E-state index is 5.11. The molecule has 0 spiro atoms. The van der Waals surface area contributed by atoms with E-state index in [1.54, 1.807) is 6.20 Å². The summed E-state index contributed by atoms with van der Waals surface area (Å²) in [6, 6.07) is 53.9. The number of rotatable bonds is 5. The first-order valence-electron chi connectivity index (χ1n) is 16.8. The number of nitrogens with zero attached hydrogens (tertiary/aromatic N) is 3. The van der Waals surface area contributed by atoms with Crippen LogP contribution in [0.4, 0.5) is 0 Å². The van der Waals surface area contributed by atoms with E-state index in [4.69, 9.17) is 9.97 Å². The average molecular weight is 628 g/mol. The minimum atomic E-state index is -0.0964. The predicted molar refractivity (Wildman–Crippen MR) is 202 cm³/mol. The summed E-state index contributed by atoms with van der Waals surface area (Å²) in [5, 5.41) is 2.62. The van der Waals surface area contributed by atoms with Crippen LogP contribution in [0.3, 0.4) is 0 Å². The van der Waals surface area contributed by atoms with E-state index in [1.807, 2.05) is 24.4 Å². The fourth-order valence-corrected chi connectivity index (χ4v) is 7.54. The number of hydrogen-bond donors (Lipinski definition) is 0. The van der Waals surface area contributed by atoms with Crippen molar-refractivity contribution in [1.29, 1.82) is 0 Å². The molecule has 232 valence electrons. The molecule has 2 heterocycles. The Bertz CT molecular complexity index is 2480. The van der Waals surface area contributed by atoms with Gasteiger partial charge in [0.1, 0.15) is 0 Å². The number of benzene rings is 6. The second-order valence-electron chi connectivity index (χ2n) is 13.3. The minimum absolute atomic E-state index is 0.0964. The van der Waals surface area contributed by atoms with Gasteiger partial charge in [0, 0.05) is 34.5 Å². The van der Waals surface area contributed by atoms with Crippen LogP contribution in [0.5, 0.6) is 0 Å². The molecule has 2 aromatic heterocycles. The Morgan fingerprint density at radius 3 is 1.90 bits per heavy atom. The Morgan fingerprint density at radius 2 is 1.12 bits per heavy atom. The fraction of sp³-hybridized carbons (Fsp3) is 0.0652. The first-order chi connectivity index (χ1) is 24.0. The zero-order chi connectivity index (χ0) is 33.0. The zero-order valence-corrected chi connectivity index (χ0v) is 27.4. The Hall–Kier alpha value is -6.19. The molecule has 6 aromatic carbocycles. The van der Waals surface area contributed by atoms with E-state index < -0.39 is 0 Å². The van der Waals surface area contributed by atoms with Gasteiger partial charge in [0.2, 0.25) is 0 Å². The van der Waals surface area contributed by atoms with Gasteiger partial charge >= 0.3 is 0 Å². The van der Waals surface area contributed by atoms with E-state index in [1.165, 1.54) is 49.7 Å². The summed E-state index contributed by atoms with van der Waals surface area (Å²) < 4.78 is 0. The number of fused-ring (bicyclic) bond motifs is 5. The predicted octanol–water partition coefficient (Wildman–Crippen LogP) is 11.7. The van der Waals surface area contributed by atoms with Gasteiger partial charge in [-0.1, -0.05) is 147 Å². The van der Waals surface area contributed by atoms with Crippen LogP contribution >= 0.6 is 0 Å². The monoisotopic (exact) mass is 627 g/mol. The normalized spacial score (nSPS) is 12.9. The van der Waals surface area contributed by atoms with E-state index >= 15 is 0 Å². The van der Waals surface area contributed by atoms with Crippen molar-refractivity contribution in [3.05, 3.63) is 175 Å². The van der Waals surface area contributed by atoms with Crippen molar-refractivity contribution in [1.82, 2.24) is 15.0 Å². The molecule has 0 amide bonds. The Labute approximate surface area is 286 Å². The molecule has 3 nitrogen and oxygen atoms in total. The first-order valence-corrected chi connectivity index (χ1v) is 16.8. The molecule has 3 heteroatoms. The van der Waals surface area contributed by atoms with Crippen molar-refractivity contribution in [2.45, 2.75) is 19.3 Å². The Kier molecular flexibility index (Phi) is 6.80. The van der Waals surface area contributed by atoms with E-state index in [0.717, 1.165) is 33.6 Å². The summed E-state index contributed by atoms with van der Waals surface area (Å²) in [4.78, 5) is 14.5. The molecule has 0 fully saturated rings. The summed E-state index contributed by atoms with van der Waals surface area (Å²) in [6.07, 6.45) is 3.64. The topological polar surface area (TPSA) is 38.7 Å². The first kappa shape index (κ1) is 29.0. The maximum absolute atomic E-state index is 5.11. The second kappa shape index (κ2) is 11.5. The van der Waals surface area contributed by atoms with Gasteiger partial charge in [-0.15, -0.1) is 0 Å². The highest BCUT2D eigenvalue weighted by atomic mass is 14.9. The lowest BCUT2D eigenvalue weighted by Gasteiger charge is -2.23. The van der Waals surface area contributed by atoms with Crippen LogP contribution < -0.4 is 0 Å². The van der Waals surface area contributed by atoms with Gasteiger partial charge < -0.3 is 0 Å². The average Bonchev–Trinajstić information content (AvgIpc) is 3.42. The van der Waals surface area contributed by atoms with Crippen molar-refractivity contribution >= 4 is 10.8 Å². The van der Waals surface area contributed by atoms with Crippen molar-refractivity contribution in [3.63, 3.8) is 0 Å². The number of aromatic nitrogens is 3. The van der Waals surface area contributed by atoms with Crippen LogP contribution in [0.25, 0.3) is 78.1 Å². The van der Waals surface area contributed by atoms with E-state index in [-0.39, 0.29) is 5.41 Å². The van der Waals surface area contributed by atoms with Gasteiger partial charge in [0.05, 0.1) is 11.4 Å². The van der Waals surface area contributed by atoms with Gasteiger partial charge in [-0.3, -0.25) is 4.98 Å². The van der Waals surface area contributed by atoms with Crippen LogP contribution in [0.1, 0.15) is 25.0 Å². The molecule has 1 aliphatic rings. The standard InChI is InChI=1S/C46H33N3/c1-46(2)40-16-8-15-37(43(40)39-26-25-32-12-6-7-14-38(32)44(39)46)33-19-21-34(22-20-33)41-28-42(36-13-9-27-47-29-36)49-45(48-41)35-23-17-31(18-24-35)30-10-4-3-5-11-30/h3-29H,1-2H3. The molecule has 0 aliphatic heterocycles. The lowest BCUT2D eigenvalue weighted by Crippen LogP contribution is -2.15. The molecule has 0 atom stereocenters. The molecule has 1 aliphatic carbocycles. The molecule has 0 N–H and O–H groups in total. The molecular weight excluding hydrogens is 595 g/mol. The highest BCUT2D eigenvalue weighted by Gasteiger charge is 2.38. The molecule has 0 saturated heterocycles. The molecule has 0 bridgehead atoms.